The van der Waals surface area contributed by atoms with Crippen molar-refractivity contribution < 1.29 is 23.1 Å². The highest BCUT2D eigenvalue weighted by Crippen LogP contribution is 2.20. The molecule has 0 saturated carbocycles. The van der Waals surface area contributed by atoms with Gasteiger partial charge in [0, 0.05) is 25.2 Å². The van der Waals surface area contributed by atoms with E-state index in [1.807, 2.05) is 0 Å². The van der Waals surface area contributed by atoms with E-state index >= 15 is 0 Å². The van der Waals surface area contributed by atoms with Crippen molar-refractivity contribution in [2.24, 2.45) is 0 Å². The summed E-state index contributed by atoms with van der Waals surface area (Å²) in [4.78, 5) is 11.3. The van der Waals surface area contributed by atoms with Crippen LogP contribution in [0.15, 0.2) is 0 Å². The number of rotatable bonds is 0. The Morgan fingerprint density at radius 1 is 1.53 bits per heavy atom. The SMILES string of the molecule is CN1C[C@@H]2C[C@H]1CN2.O=C(O)C(F)(F)F. The molecule has 0 unspecified atom stereocenters. The summed E-state index contributed by atoms with van der Waals surface area (Å²) in [7, 11) is 2.21. The number of hydrogen-bond acceptors (Lipinski definition) is 3. The normalized spacial score (nSPS) is 29.9. The van der Waals surface area contributed by atoms with Crippen LogP contribution in [0.3, 0.4) is 0 Å². The van der Waals surface area contributed by atoms with Crippen LogP contribution in [0.25, 0.3) is 0 Å². The Morgan fingerprint density at radius 3 is 2.20 bits per heavy atom. The van der Waals surface area contributed by atoms with E-state index in [1.54, 1.807) is 0 Å². The fourth-order valence-electron chi connectivity index (χ4n) is 1.77. The zero-order valence-electron chi connectivity index (χ0n) is 8.21. The minimum atomic E-state index is -5.08. The summed E-state index contributed by atoms with van der Waals surface area (Å²) in [6, 6.07) is 1.69. The number of carboxylic acid groups (broad SMARTS) is 1. The molecule has 2 heterocycles. The number of alkyl halides is 3. The third-order valence-corrected chi connectivity index (χ3v) is 2.57. The van der Waals surface area contributed by atoms with E-state index in [9.17, 15) is 13.2 Å². The third-order valence-electron chi connectivity index (χ3n) is 2.57. The Bertz CT molecular complexity index is 243. The van der Waals surface area contributed by atoms with Crippen LogP contribution in [0.4, 0.5) is 13.2 Å². The molecule has 2 atom stereocenters. The predicted octanol–water partition coefficient (Wildman–Crippen LogP) is 0.296. The first kappa shape index (κ1) is 12.3. The summed E-state index contributed by atoms with van der Waals surface area (Å²) >= 11 is 0. The molecule has 4 nitrogen and oxygen atoms in total. The second-order valence-electron chi connectivity index (χ2n) is 3.74. The lowest BCUT2D eigenvalue weighted by Crippen LogP contribution is -2.41. The number of aliphatic carboxylic acids is 1. The van der Waals surface area contributed by atoms with Crippen LogP contribution in [0, 0.1) is 0 Å². The average Bonchev–Trinajstić information content (AvgIpc) is 2.63. The van der Waals surface area contributed by atoms with Crippen LogP contribution < -0.4 is 5.32 Å². The Kier molecular flexibility index (Phi) is 3.56. The van der Waals surface area contributed by atoms with Crippen molar-refractivity contribution in [2.75, 3.05) is 20.1 Å². The van der Waals surface area contributed by atoms with Crippen molar-refractivity contribution in [3.8, 4) is 0 Å². The molecule has 0 aromatic carbocycles. The molecule has 0 aromatic rings. The van der Waals surface area contributed by atoms with E-state index < -0.39 is 12.1 Å². The van der Waals surface area contributed by atoms with Crippen LogP contribution >= 0.6 is 0 Å². The lowest BCUT2D eigenvalue weighted by atomic mass is 10.2. The molecule has 2 bridgehead atoms. The van der Waals surface area contributed by atoms with Crippen molar-refractivity contribution in [1.29, 1.82) is 0 Å². The van der Waals surface area contributed by atoms with E-state index in [-0.39, 0.29) is 0 Å². The second-order valence-corrected chi connectivity index (χ2v) is 3.74. The number of likely N-dealkylation sites (tertiary alicyclic amines) is 1. The number of fused-ring (bicyclic) bond motifs is 2. The molecule has 2 fully saturated rings. The first-order valence-electron chi connectivity index (χ1n) is 4.54. The molecule has 15 heavy (non-hydrogen) atoms. The van der Waals surface area contributed by atoms with Gasteiger partial charge in [-0.05, 0) is 13.5 Å². The van der Waals surface area contributed by atoms with E-state index in [1.165, 1.54) is 19.5 Å². The Hall–Kier alpha value is -0.820. The van der Waals surface area contributed by atoms with Crippen LogP contribution in [-0.2, 0) is 4.79 Å². The van der Waals surface area contributed by atoms with Gasteiger partial charge in [0.2, 0.25) is 0 Å². The van der Waals surface area contributed by atoms with Crippen molar-refractivity contribution in [3.63, 3.8) is 0 Å². The Morgan fingerprint density at radius 2 is 2.07 bits per heavy atom. The van der Waals surface area contributed by atoms with Gasteiger partial charge >= 0.3 is 12.1 Å². The summed E-state index contributed by atoms with van der Waals surface area (Å²) in [6.07, 6.45) is -3.70. The summed E-state index contributed by atoms with van der Waals surface area (Å²) in [5, 5.41) is 10.6. The fourth-order valence-corrected chi connectivity index (χ4v) is 1.77. The number of carbonyl (C=O) groups is 1. The highest BCUT2D eigenvalue weighted by atomic mass is 19.4. The number of carboxylic acids is 1. The van der Waals surface area contributed by atoms with Gasteiger partial charge in [0.15, 0.2) is 0 Å². The van der Waals surface area contributed by atoms with Gasteiger partial charge in [0.05, 0.1) is 0 Å². The molecular formula is C8H13F3N2O2. The quantitative estimate of drug-likeness (QED) is 0.623. The van der Waals surface area contributed by atoms with Crippen LogP contribution in [-0.4, -0.2) is 54.4 Å². The molecule has 7 heteroatoms. The summed E-state index contributed by atoms with van der Waals surface area (Å²) in [5.41, 5.74) is 0. The molecule has 0 aromatic heterocycles. The smallest absolute Gasteiger partial charge is 0.475 e. The van der Waals surface area contributed by atoms with Gasteiger partial charge < -0.3 is 15.3 Å². The lowest BCUT2D eigenvalue weighted by Gasteiger charge is -2.21. The molecule has 2 aliphatic heterocycles. The summed E-state index contributed by atoms with van der Waals surface area (Å²) in [5.74, 6) is -2.76. The molecule has 0 spiro atoms. The van der Waals surface area contributed by atoms with Gasteiger partial charge in [-0.2, -0.15) is 13.2 Å². The minimum Gasteiger partial charge on any atom is -0.475 e. The minimum absolute atomic E-state index is 0.824. The van der Waals surface area contributed by atoms with Gasteiger partial charge in [-0.15, -0.1) is 0 Å². The molecule has 2 rings (SSSR count). The van der Waals surface area contributed by atoms with Gasteiger partial charge in [-0.3, -0.25) is 0 Å². The maximum atomic E-state index is 10.6. The highest BCUT2D eigenvalue weighted by Gasteiger charge is 2.38. The molecule has 0 amide bonds. The number of nitrogens with one attached hydrogen (secondary N) is 1. The maximum Gasteiger partial charge on any atom is 0.490 e. The standard InChI is InChI=1S/C6H12N2.C2HF3O2/c1-8-4-5-2-6(8)3-7-5;3-2(4,5)1(6)7/h5-7H,2-4H2,1H3;(H,6,7)/t5-,6-;/m0./s1. The number of nitrogens with zero attached hydrogens (tertiary/aromatic N) is 1. The zero-order chi connectivity index (χ0) is 11.6. The summed E-state index contributed by atoms with van der Waals surface area (Å²) < 4.78 is 31.7. The van der Waals surface area contributed by atoms with E-state index in [2.05, 4.69) is 17.3 Å². The number of halogens is 3. The number of piperazine rings is 1. The molecule has 2 saturated heterocycles. The van der Waals surface area contributed by atoms with Gasteiger partial charge in [-0.1, -0.05) is 0 Å². The summed E-state index contributed by atoms with van der Waals surface area (Å²) in [6.45, 7) is 2.49. The second kappa shape index (κ2) is 4.36. The topological polar surface area (TPSA) is 52.6 Å². The van der Waals surface area contributed by atoms with E-state index in [0.29, 0.717) is 0 Å². The van der Waals surface area contributed by atoms with Crippen molar-refractivity contribution in [3.05, 3.63) is 0 Å². The largest absolute Gasteiger partial charge is 0.490 e. The maximum absolute atomic E-state index is 10.6. The number of hydrogen-bond donors (Lipinski definition) is 2. The first-order chi connectivity index (χ1) is 6.80. The van der Waals surface area contributed by atoms with Gasteiger partial charge in [0.1, 0.15) is 0 Å². The molecule has 0 aliphatic carbocycles. The van der Waals surface area contributed by atoms with Crippen LogP contribution in [0.1, 0.15) is 6.42 Å². The van der Waals surface area contributed by atoms with E-state index in [4.69, 9.17) is 9.90 Å². The number of likely N-dealkylation sites (N-methyl/N-ethyl adjacent to an activating group) is 1. The molecule has 0 radical (unpaired) electrons. The third kappa shape index (κ3) is 3.35. The van der Waals surface area contributed by atoms with Crippen molar-refractivity contribution in [2.45, 2.75) is 24.7 Å². The Balaban J connectivity index is 0.000000153. The van der Waals surface area contributed by atoms with E-state index in [0.717, 1.165) is 12.1 Å². The van der Waals surface area contributed by atoms with Crippen molar-refractivity contribution >= 4 is 5.97 Å². The lowest BCUT2D eigenvalue weighted by molar-refractivity contribution is -0.192. The van der Waals surface area contributed by atoms with Crippen LogP contribution in [0.5, 0.6) is 0 Å². The average molecular weight is 226 g/mol. The van der Waals surface area contributed by atoms with Crippen molar-refractivity contribution in [1.82, 2.24) is 10.2 Å². The van der Waals surface area contributed by atoms with Gasteiger partial charge in [-0.25, -0.2) is 4.79 Å². The first-order valence-corrected chi connectivity index (χ1v) is 4.54. The molecule has 88 valence electrons. The highest BCUT2D eigenvalue weighted by molar-refractivity contribution is 5.73. The van der Waals surface area contributed by atoms with Gasteiger partial charge in [0.25, 0.3) is 0 Å². The monoisotopic (exact) mass is 226 g/mol. The Labute approximate surface area is 85.1 Å². The molecular weight excluding hydrogens is 213 g/mol. The molecule has 2 N–H and O–H groups in total. The predicted molar refractivity (Wildman–Crippen MR) is 46.5 cm³/mol. The zero-order valence-corrected chi connectivity index (χ0v) is 8.21. The molecule has 2 aliphatic rings. The fraction of sp³-hybridized carbons (Fsp3) is 0.875. The van der Waals surface area contributed by atoms with Crippen LogP contribution in [0.2, 0.25) is 0 Å².